The van der Waals surface area contributed by atoms with Crippen LogP contribution in [0.25, 0.3) is 0 Å². The molecule has 6 nitrogen and oxygen atoms in total. The lowest BCUT2D eigenvalue weighted by Gasteiger charge is -2.30. The van der Waals surface area contributed by atoms with Gasteiger partial charge in [0, 0.05) is 25.6 Å². The van der Waals surface area contributed by atoms with Crippen molar-refractivity contribution in [2.75, 3.05) is 13.1 Å². The molecule has 1 rings (SSSR count). The van der Waals surface area contributed by atoms with Crippen LogP contribution in [0.2, 0.25) is 0 Å². The summed E-state index contributed by atoms with van der Waals surface area (Å²) in [4.78, 5) is 23.9. The molecule has 0 aromatic rings. The number of carbonyl (C=O) groups is 2. The molecular formula is C12H22N2O4. The van der Waals surface area contributed by atoms with E-state index in [1.165, 1.54) is 0 Å². The number of aliphatic hydroxyl groups is 1. The Labute approximate surface area is 107 Å². The molecule has 0 spiro atoms. The number of likely N-dealkylation sites (tertiary alicyclic amines) is 1. The van der Waals surface area contributed by atoms with Gasteiger partial charge in [-0.1, -0.05) is 0 Å². The third-order valence-corrected chi connectivity index (χ3v) is 3.15. The molecule has 0 radical (unpaired) electrons. The van der Waals surface area contributed by atoms with E-state index in [9.17, 15) is 14.7 Å². The molecule has 0 saturated carbocycles. The molecule has 1 saturated heterocycles. The number of carboxylic acids is 1. The SMILES string of the molecule is CC(CCCC(=O)O)NC(=O)N1CCC(O)CC1. The van der Waals surface area contributed by atoms with Crippen LogP contribution in [0.3, 0.4) is 0 Å². The van der Waals surface area contributed by atoms with E-state index in [1.807, 2.05) is 6.92 Å². The molecule has 2 amide bonds. The van der Waals surface area contributed by atoms with E-state index in [-0.39, 0.29) is 24.6 Å². The second-order valence-corrected chi connectivity index (χ2v) is 4.85. The second kappa shape index (κ2) is 7.20. The summed E-state index contributed by atoms with van der Waals surface area (Å²) < 4.78 is 0. The van der Waals surface area contributed by atoms with Crippen molar-refractivity contribution in [1.29, 1.82) is 0 Å². The number of hydrogen-bond donors (Lipinski definition) is 3. The normalized spacial score (nSPS) is 18.4. The Morgan fingerprint density at radius 2 is 2.00 bits per heavy atom. The van der Waals surface area contributed by atoms with Crippen molar-refractivity contribution in [2.24, 2.45) is 0 Å². The van der Waals surface area contributed by atoms with Crippen molar-refractivity contribution < 1.29 is 19.8 Å². The summed E-state index contributed by atoms with van der Waals surface area (Å²) in [5.74, 6) is -0.807. The maximum atomic E-state index is 11.8. The Balaban J connectivity index is 2.20. The Morgan fingerprint density at radius 3 is 2.56 bits per heavy atom. The fourth-order valence-corrected chi connectivity index (χ4v) is 2.00. The number of nitrogens with one attached hydrogen (secondary N) is 1. The largest absolute Gasteiger partial charge is 0.481 e. The fourth-order valence-electron chi connectivity index (χ4n) is 2.00. The van der Waals surface area contributed by atoms with E-state index in [2.05, 4.69) is 5.32 Å². The van der Waals surface area contributed by atoms with Crippen molar-refractivity contribution in [2.45, 2.75) is 51.2 Å². The summed E-state index contributed by atoms with van der Waals surface area (Å²) in [6.07, 6.45) is 2.32. The average Bonchev–Trinajstić information content (AvgIpc) is 2.29. The molecule has 0 bridgehead atoms. The zero-order chi connectivity index (χ0) is 13.5. The van der Waals surface area contributed by atoms with Crippen LogP contribution in [-0.4, -0.2) is 52.3 Å². The number of piperidine rings is 1. The van der Waals surface area contributed by atoms with Gasteiger partial charge in [0.15, 0.2) is 0 Å². The third-order valence-electron chi connectivity index (χ3n) is 3.15. The van der Waals surface area contributed by atoms with Crippen molar-refractivity contribution in [3.63, 3.8) is 0 Å². The molecule has 1 fully saturated rings. The number of urea groups is 1. The zero-order valence-electron chi connectivity index (χ0n) is 10.8. The van der Waals surface area contributed by atoms with Gasteiger partial charge < -0.3 is 20.4 Å². The maximum absolute atomic E-state index is 11.8. The number of hydrogen-bond acceptors (Lipinski definition) is 3. The lowest BCUT2D eigenvalue weighted by Crippen LogP contribution is -2.47. The molecule has 6 heteroatoms. The van der Waals surface area contributed by atoms with Gasteiger partial charge in [0.2, 0.25) is 0 Å². The lowest BCUT2D eigenvalue weighted by molar-refractivity contribution is -0.137. The smallest absolute Gasteiger partial charge is 0.317 e. The number of aliphatic hydroxyl groups excluding tert-OH is 1. The van der Waals surface area contributed by atoms with E-state index in [1.54, 1.807) is 4.90 Å². The summed E-state index contributed by atoms with van der Waals surface area (Å²) in [6.45, 7) is 3.03. The minimum Gasteiger partial charge on any atom is -0.481 e. The molecule has 104 valence electrons. The first-order valence-corrected chi connectivity index (χ1v) is 6.44. The molecule has 0 aliphatic carbocycles. The first-order chi connectivity index (χ1) is 8.49. The van der Waals surface area contributed by atoms with Crippen LogP contribution in [0, 0.1) is 0 Å². The summed E-state index contributed by atoms with van der Waals surface area (Å²) in [5.41, 5.74) is 0. The van der Waals surface area contributed by atoms with Crippen molar-refractivity contribution >= 4 is 12.0 Å². The first-order valence-electron chi connectivity index (χ1n) is 6.44. The Hall–Kier alpha value is -1.30. The molecule has 1 aliphatic rings. The van der Waals surface area contributed by atoms with E-state index in [4.69, 9.17) is 5.11 Å². The van der Waals surface area contributed by atoms with E-state index in [0.717, 1.165) is 0 Å². The standard InChI is InChI=1S/C12H22N2O4/c1-9(3-2-4-11(16)17)13-12(18)14-7-5-10(15)6-8-14/h9-10,15H,2-8H2,1H3,(H,13,18)(H,16,17). The van der Waals surface area contributed by atoms with Gasteiger partial charge in [-0.25, -0.2) is 4.79 Å². The minimum absolute atomic E-state index is 0.0244. The van der Waals surface area contributed by atoms with Crippen molar-refractivity contribution in [3.05, 3.63) is 0 Å². The fraction of sp³-hybridized carbons (Fsp3) is 0.833. The van der Waals surface area contributed by atoms with Gasteiger partial charge >= 0.3 is 12.0 Å². The highest BCUT2D eigenvalue weighted by Gasteiger charge is 2.21. The average molecular weight is 258 g/mol. The van der Waals surface area contributed by atoms with Gasteiger partial charge in [0.1, 0.15) is 0 Å². The Morgan fingerprint density at radius 1 is 1.39 bits per heavy atom. The van der Waals surface area contributed by atoms with Crippen LogP contribution in [0.15, 0.2) is 0 Å². The van der Waals surface area contributed by atoms with Crippen LogP contribution < -0.4 is 5.32 Å². The van der Waals surface area contributed by atoms with Crippen molar-refractivity contribution in [3.8, 4) is 0 Å². The van der Waals surface area contributed by atoms with Gasteiger partial charge in [-0.15, -0.1) is 0 Å². The Bertz CT molecular complexity index is 288. The molecule has 1 heterocycles. The zero-order valence-corrected chi connectivity index (χ0v) is 10.8. The highest BCUT2D eigenvalue weighted by molar-refractivity contribution is 5.74. The second-order valence-electron chi connectivity index (χ2n) is 4.85. The molecular weight excluding hydrogens is 236 g/mol. The number of aliphatic carboxylic acids is 1. The van der Waals surface area contributed by atoms with Gasteiger partial charge in [-0.05, 0) is 32.6 Å². The van der Waals surface area contributed by atoms with Crippen LogP contribution in [-0.2, 0) is 4.79 Å². The predicted octanol–water partition coefficient (Wildman–Crippen LogP) is 0.796. The molecule has 0 aromatic carbocycles. The van der Waals surface area contributed by atoms with Gasteiger partial charge in [-0.3, -0.25) is 4.79 Å². The summed E-state index contributed by atoms with van der Waals surface area (Å²) in [7, 11) is 0. The third kappa shape index (κ3) is 5.35. The predicted molar refractivity (Wildman–Crippen MR) is 66.3 cm³/mol. The van der Waals surface area contributed by atoms with Crippen LogP contribution in [0.4, 0.5) is 4.79 Å². The quantitative estimate of drug-likeness (QED) is 0.680. The number of nitrogens with zero attached hydrogens (tertiary/aromatic N) is 1. The van der Waals surface area contributed by atoms with Crippen LogP contribution >= 0.6 is 0 Å². The van der Waals surface area contributed by atoms with Crippen molar-refractivity contribution in [1.82, 2.24) is 10.2 Å². The number of rotatable bonds is 5. The van der Waals surface area contributed by atoms with Gasteiger partial charge in [0.05, 0.1) is 6.10 Å². The topological polar surface area (TPSA) is 89.9 Å². The molecule has 0 aromatic heterocycles. The highest BCUT2D eigenvalue weighted by atomic mass is 16.4. The monoisotopic (exact) mass is 258 g/mol. The molecule has 3 N–H and O–H groups in total. The molecule has 1 atom stereocenters. The van der Waals surface area contributed by atoms with E-state index >= 15 is 0 Å². The first kappa shape index (κ1) is 14.8. The molecule has 18 heavy (non-hydrogen) atoms. The van der Waals surface area contributed by atoms with Crippen LogP contribution in [0.5, 0.6) is 0 Å². The highest BCUT2D eigenvalue weighted by Crippen LogP contribution is 2.10. The van der Waals surface area contributed by atoms with Gasteiger partial charge in [0.25, 0.3) is 0 Å². The summed E-state index contributed by atoms with van der Waals surface area (Å²) in [6, 6.07) is -0.145. The molecule has 1 unspecified atom stereocenters. The minimum atomic E-state index is -0.807. The summed E-state index contributed by atoms with van der Waals surface area (Å²) >= 11 is 0. The molecule has 1 aliphatic heterocycles. The van der Waals surface area contributed by atoms with E-state index in [0.29, 0.717) is 38.8 Å². The number of carbonyl (C=O) groups excluding carboxylic acids is 1. The summed E-state index contributed by atoms with van der Waals surface area (Å²) in [5, 5.41) is 20.7. The lowest BCUT2D eigenvalue weighted by atomic mass is 10.1. The number of amides is 2. The Kier molecular flexibility index (Phi) is 5.91. The van der Waals surface area contributed by atoms with E-state index < -0.39 is 5.97 Å². The van der Waals surface area contributed by atoms with Gasteiger partial charge in [-0.2, -0.15) is 0 Å². The van der Waals surface area contributed by atoms with Crippen LogP contribution in [0.1, 0.15) is 39.0 Å². The number of carboxylic acid groups (broad SMARTS) is 1. The maximum Gasteiger partial charge on any atom is 0.317 e.